The molecule has 1 spiro atoms. The lowest BCUT2D eigenvalue weighted by molar-refractivity contribution is -0.0509. The fourth-order valence-corrected chi connectivity index (χ4v) is 3.87. The summed E-state index contributed by atoms with van der Waals surface area (Å²) in [4.78, 5) is 11.3. The van der Waals surface area contributed by atoms with Crippen LogP contribution in [0.4, 0.5) is 0 Å². The van der Waals surface area contributed by atoms with E-state index in [9.17, 15) is 9.90 Å². The number of ether oxygens (including phenoxy) is 2. The molecule has 0 radical (unpaired) electrons. The number of rotatable bonds is 4. The molecule has 1 atom stereocenters. The second kappa shape index (κ2) is 6.12. The van der Waals surface area contributed by atoms with Gasteiger partial charge in [-0.2, -0.15) is 0 Å². The van der Waals surface area contributed by atoms with E-state index in [2.05, 4.69) is 22.6 Å². The first-order chi connectivity index (χ1) is 10.1. The van der Waals surface area contributed by atoms with E-state index >= 15 is 0 Å². The van der Waals surface area contributed by atoms with Crippen LogP contribution in [0.3, 0.4) is 0 Å². The molecule has 4 nitrogen and oxygen atoms in total. The maximum absolute atomic E-state index is 11.3. The maximum atomic E-state index is 11.3. The molecule has 1 saturated carbocycles. The van der Waals surface area contributed by atoms with Crippen LogP contribution in [0, 0.1) is 3.57 Å². The minimum absolute atomic E-state index is 0.0871. The third-order valence-corrected chi connectivity index (χ3v) is 5.12. The topological polar surface area (TPSA) is 55.8 Å². The molecule has 0 aromatic heterocycles. The maximum Gasteiger partial charge on any atom is 0.339 e. The van der Waals surface area contributed by atoms with Gasteiger partial charge < -0.3 is 14.6 Å². The summed E-state index contributed by atoms with van der Waals surface area (Å²) in [6.45, 7) is 0.433. The number of carbonyl (C=O) groups is 1. The Morgan fingerprint density at radius 2 is 2.14 bits per heavy atom. The first-order valence-corrected chi connectivity index (χ1v) is 8.49. The molecule has 1 aliphatic carbocycles. The van der Waals surface area contributed by atoms with Crippen molar-refractivity contribution in [3.05, 3.63) is 27.3 Å². The summed E-state index contributed by atoms with van der Waals surface area (Å²) in [6.07, 6.45) is 7.04. The Bertz CT molecular complexity index is 537. The smallest absolute Gasteiger partial charge is 0.339 e. The predicted molar refractivity (Wildman–Crippen MR) is 86.9 cm³/mol. The first kappa shape index (κ1) is 15.1. The summed E-state index contributed by atoms with van der Waals surface area (Å²) >= 11 is 2.10. The van der Waals surface area contributed by atoms with Crippen molar-refractivity contribution in [2.24, 2.45) is 0 Å². The van der Waals surface area contributed by atoms with E-state index in [1.807, 2.05) is 6.07 Å². The molecule has 1 heterocycles. The Morgan fingerprint density at radius 3 is 2.86 bits per heavy atom. The molecular weight excluding hydrogens is 383 g/mol. The van der Waals surface area contributed by atoms with Crippen LogP contribution in [0.2, 0.25) is 0 Å². The summed E-state index contributed by atoms with van der Waals surface area (Å²) in [6, 6.07) is 5.22. The first-order valence-electron chi connectivity index (χ1n) is 7.41. The van der Waals surface area contributed by atoms with Crippen LogP contribution in [-0.2, 0) is 4.74 Å². The number of halogens is 1. The Morgan fingerprint density at radius 1 is 1.38 bits per heavy atom. The average molecular weight is 402 g/mol. The van der Waals surface area contributed by atoms with Gasteiger partial charge in [0, 0.05) is 3.57 Å². The van der Waals surface area contributed by atoms with E-state index in [4.69, 9.17) is 9.47 Å². The van der Waals surface area contributed by atoms with Crippen LogP contribution in [0.25, 0.3) is 0 Å². The Hall–Kier alpha value is -0.820. The molecule has 21 heavy (non-hydrogen) atoms. The van der Waals surface area contributed by atoms with Gasteiger partial charge in [-0.25, -0.2) is 4.79 Å². The van der Waals surface area contributed by atoms with Crippen LogP contribution >= 0.6 is 22.6 Å². The highest BCUT2D eigenvalue weighted by Gasteiger charge is 2.42. The molecule has 2 fully saturated rings. The van der Waals surface area contributed by atoms with Crippen LogP contribution < -0.4 is 4.74 Å². The van der Waals surface area contributed by atoms with Gasteiger partial charge in [0.2, 0.25) is 0 Å². The highest BCUT2D eigenvalue weighted by atomic mass is 127. The third kappa shape index (κ3) is 3.34. The van der Waals surface area contributed by atoms with E-state index in [0.29, 0.717) is 12.4 Å². The van der Waals surface area contributed by atoms with Crippen molar-refractivity contribution in [2.75, 3.05) is 6.61 Å². The number of carboxylic acid groups (broad SMARTS) is 1. The molecule has 1 aromatic rings. The summed E-state index contributed by atoms with van der Waals surface area (Å²) in [5.41, 5.74) is 0.311. The summed E-state index contributed by atoms with van der Waals surface area (Å²) in [5.74, 6) is -0.526. The van der Waals surface area contributed by atoms with Crippen molar-refractivity contribution in [3.63, 3.8) is 0 Å². The largest absolute Gasteiger partial charge is 0.490 e. The second-order valence-electron chi connectivity index (χ2n) is 5.93. The van der Waals surface area contributed by atoms with Crippen molar-refractivity contribution in [1.82, 2.24) is 0 Å². The molecule has 114 valence electrons. The van der Waals surface area contributed by atoms with E-state index in [0.717, 1.165) is 29.3 Å². The molecule has 1 aliphatic heterocycles. The van der Waals surface area contributed by atoms with Gasteiger partial charge >= 0.3 is 5.97 Å². The minimum atomic E-state index is -0.955. The minimum Gasteiger partial charge on any atom is -0.490 e. The SMILES string of the molecule is O=C(O)c1cc(I)ccc1OCC1CCC2(CCCC2)O1. The lowest BCUT2D eigenvalue weighted by Crippen LogP contribution is -2.27. The number of carboxylic acids is 1. The molecule has 1 unspecified atom stereocenters. The average Bonchev–Trinajstić information content (AvgIpc) is 3.08. The Labute approximate surface area is 138 Å². The summed E-state index contributed by atoms with van der Waals surface area (Å²) in [7, 11) is 0. The van der Waals surface area contributed by atoms with Crippen molar-refractivity contribution >= 4 is 28.6 Å². The zero-order valence-corrected chi connectivity index (χ0v) is 14.0. The molecule has 1 aromatic carbocycles. The monoisotopic (exact) mass is 402 g/mol. The van der Waals surface area contributed by atoms with Crippen LogP contribution in [0.5, 0.6) is 5.75 Å². The predicted octanol–water partition coefficient (Wildman–Crippen LogP) is 3.86. The highest BCUT2D eigenvalue weighted by molar-refractivity contribution is 14.1. The lowest BCUT2D eigenvalue weighted by Gasteiger charge is -2.24. The van der Waals surface area contributed by atoms with Gasteiger partial charge in [-0.3, -0.25) is 0 Å². The fourth-order valence-electron chi connectivity index (χ4n) is 3.38. The van der Waals surface area contributed by atoms with Gasteiger partial charge in [-0.15, -0.1) is 0 Å². The number of hydrogen-bond acceptors (Lipinski definition) is 3. The van der Waals surface area contributed by atoms with Crippen molar-refractivity contribution < 1.29 is 19.4 Å². The van der Waals surface area contributed by atoms with Gasteiger partial charge in [-0.1, -0.05) is 12.8 Å². The zero-order chi connectivity index (χ0) is 14.9. The third-order valence-electron chi connectivity index (χ3n) is 4.45. The van der Waals surface area contributed by atoms with E-state index in [1.54, 1.807) is 12.1 Å². The zero-order valence-electron chi connectivity index (χ0n) is 11.8. The highest BCUT2D eigenvalue weighted by Crippen LogP contribution is 2.43. The molecule has 1 saturated heterocycles. The molecular formula is C16H19IO4. The van der Waals surface area contributed by atoms with E-state index < -0.39 is 5.97 Å². The van der Waals surface area contributed by atoms with E-state index in [-0.39, 0.29) is 17.3 Å². The molecule has 0 bridgehead atoms. The Kier molecular flexibility index (Phi) is 4.40. The molecule has 3 rings (SSSR count). The number of benzene rings is 1. The van der Waals surface area contributed by atoms with E-state index in [1.165, 1.54) is 12.8 Å². The van der Waals surface area contributed by atoms with Crippen LogP contribution in [0.15, 0.2) is 18.2 Å². The molecule has 5 heteroatoms. The quantitative estimate of drug-likeness (QED) is 0.778. The van der Waals surface area contributed by atoms with Gasteiger partial charge in [0.25, 0.3) is 0 Å². The lowest BCUT2D eigenvalue weighted by atomic mass is 9.98. The van der Waals surface area contributed by atoms with Gasteiger partial charge in [-0.05, 0) is 66.5 Å². The van der Waals surface area contributed by atoms with Crippen molar-refractivity contribution in [1.29, 1.82) is 0 Å². The number of aromatic carboxylic acids is 1. The molecule has 0 amide bonds. The Balaban J connectivity index is 1.62. The molecule has 1 N–H and O–H groups in total. The van der Waals surface area contributed by atoms with Crippen molar-refractivity contribution in [2.45, 2.75) is 50.2 Å². The molecule has 2 aliphatic rings. The van der Waals surface area contributed by atoms with Gasteiger partial charge in [0.1, 0.15) is 17.9 Å². The summed E-state index contributed by atoms with van der Waals surface area (Å²) < 4.78 is 12.8. The fraction of sp³-hybridized carbons (Fsp3) is 0.562. The standard InChI is InChI=1S/C16H19IO4/c17-11-3-4-14(13(9-11)15(18)19)20-10-12-5-8-16(21-12)6-1-2-7-16/h3-4,9,12H,1-2,5-8,10H2,(H,18,19). The van der Waals surface area contributed by atoms with Gasteiger partial charge in [0.05, 0.1) is 11.7 Å². The number of hydrogen-bond donors (Lipinski definition) is 1. The van der Waals surface area contributed by atoms with Crippen LogP contribution in [-0.4, -0.2) is 29.4 Å². The second-order valence-corrected chi connectivity index (χ2v) is 7.17. The van der Waals surface area contributed by atoms with Crippen molar-refractivity contribution in [3.8, 4) is 5.75 Å². The normalized spacial score (nSPS) is 23.6. The van der Waals surface area contributed by atoms with Crippen LogP contribution in [0.1, 0.15) is 48.9 Å². The summed E-state index contributed by atoms with van der Waals surface area (Å²) in [5, 5.41) is 9.23. The van der Waals surface area contributed by atoms with Gasteiger partial charge in [0.15, 0.2) is 0 Å².